The van der Waals surface area contributed by atoms with Crippen molar-refractivity contribution >= 4 is 44.9 Å². The van der Waals surface area contributed by atoms with Gasteiger partial charge in [0.25, 0.3) is 11.8 Å². The number of rotatable bonds is 2. The van der Waals surface area contributed by atoms with Crippen LogP contribution in [0, 0.1) is 0 Å². The Morgan fingerprint density at radius 1 is 1.03 bits per heavy atom. The molecule has 0 aliphatic carbocycles. The fourth-order valence-corrected chi connectivity index (χ4v) is 5.52. The Balaban J connectivity index is 1.79. The summed E-state index contributed by atoms with van der Waals surface area (Å²) in [6.07, 6.45) is 0.630. The number of carbonyl (C=O) groups excluding carboxylic acids is 2. The normalized spacial score (nSPS) is 19.3. The third-order valence-electron chi connectivity index (χ3n) is 6.11. The van der Waals surface area contributed by atoms with Gasteiger partial charge in [-0.1, -0.05) is 48.6 Å². The summed E-state index contributed by atoms with van der Waals surface area (Å²) in [6.45, 7) is 1.93. The van der Waals surface area contributed by atoms with Crippen LogP contribution in [0.4, 0.5) is 10.8 Å². The average molecular weight is 444 g/mol. The van der Waals surface area contributed by atoms with E-state index >= 15 is 0 Å². The number of aromatic nitrogens is 2. The highest BCUT2D eigenvalue weighted by Crippen LogP contribution is 2.53. The van der Waals surface area contributed by atoms with Crippen molar-refractivity contribution in [1.29, 1.82) is 0 Å². The summed E-state index contributed by atoms with van der Waals surface area (Å²) in [4.78, 5) is 44.3. The lowest BCUT2D eigenvalue weighted by atomic mass is 9.84. The first-order chi connectivity index (χ1) is 15.5. The lowest BCUT2D eigenvalue weighted by Gasteiger charge is -2.31. The number of amides is 2. The minimum Gasteiger partial charge on any atom is -0.450 e. The standard InChI is InChI=1S/C23H16N4O4S/c1-3-16-24-25-22(32-16)27-20(29)19-17(18(28)12-8-4-7-11-15(12)31-19)23(27)13-9-5-6-10-14(13)26(2)21(23)30/h4-11H,3H2,1-2H3. The van der Waals surface area contributed by atoms with Crippen LogP contribution in [0.1, 0.15) is 33.6 Å². The van der Waals surface area contributed by atoms with Crippen LogP contribution in [-0.2, 0) is 16.8 Å². The van der Waals surface area contributed by atoms with E-state index in [0.717, 1.165) is 5.01 Å². The van der Waals surface area contributed by atoms with Crippen LogP contribution < -0.4 is 15.2 Å². The second kappa shape index (κ2) is 6.33. The molecule has 2 aliphatic heterocycles. The molecule has 0 radical (unpaired) electrons. The number of nitrogens with zero attached hydrogens (tertiary/aromatic N) is 4. The van der Waals surface area contributed by atoms with Gasteiger partial charge in [0.15, 0.2) is 11.0 Å². The molecule has 9 heteroatoms. The molecule has 2 amide bonds. The molecule has 4 aromatic rings. The topological polar surface area (TPSA) is 96.6 Å². The Morgan fingerprint density at radius 3 is 2.56 bits per heavy atom. The van der Waals surface area contributed by atoms with Crippen molar-refractivity contribution in [3.8, 4) is 0 Å². The molecule has 158 valence electrons. The van der Waals surface area contributed by atoms with E-state index in [2.05, 4.69) is 10.2 Å². The molecule has 1 atom stereocenters. The molecule has 1 unspecified atom stereocenters. The molecule has 1 spiro atoms. The lowest BCUT2D eigenvalue weighted by molar-refractivity contribution is -0.121. The van der Waals surface area contributed by atoms with Crippen molar-refractivity contribution in [2.75, 3.05) is 16.8 Å². The largest absolute Gasteiger partial charge is 0.450 e. The lowest BCUT2D eigenvalue weighted by Crippen LogP contribution is -2.53. The molecule has 8 nitrogen and oxygen atoms in total. The van der Waals surface area contributed by atoms with Gasteiger partial charge in [-0.05, 0) is 24.6 Å². The maximum absolute atomic E-state index is 14.0. The van der Waals surface area contributed by atoms with E-state index in [-0.39, 0.29) is 16.5 Å². The molecule has 2 aliphatic rings. The zero-order valence-corrected chi connectivity index (χ0v) is 18.0. The van der Waals surface area contributed by atoms with Crippen molar-refractivity contribution in [2.45, 2.75) is 18.9 Å². The monoisotopic (exact) mass is 444 g/mol. The van der Waals surface area contributed by atoms with Gasteiger partial charge in [0.05, 0.1) is 10.9 Å². The molecule has 0 saturated heterocycles. The van der Waals surface area contributed by atoms with E-state index in [0.29, 0.717) is 28.6 Å². The van der Waals surface area contributed by atoms with E-state index in [9.17, 15) is 14.4 Å². The van der Waals surface area contributed by atoms with Crippen molar-refractivity contribution in [2.24, 2.45) is 0 Å². The van der Waals surface area contributed by atoms with Crippen molar-refractivity contribution in [3.63, 3.8) is 0 Å². The minimum absolute atomic E-state index is 0.0243. The summed E-state index contributed by atoms with van der Waals surface area (Å²) in [5.74, 6) is -1.14. The number of anilines is 2. The van der Waals surface area contributed by atoms with Gasteiger partial charge in [-0.25, -0.2) is 0 Å². The molecule has 2 aromatic carbocycles. The predicted octanol–water partition coefficient (Wildman–Crippen LogP) is 3.09. The molecule has 32 heavy (non-hydrogen) atoms. The van der Waals surface area contributed by atoms with Gasteiger partial charge in [-0.2, -0.15) is 0 Å². The first-order valence-electron chi connectivity index (χ1n) is 10.1. The van der Waals surface area contributed by atoms with Crippen molar-refractivity contribution < 1.29 is 14.0 Å². The average Bonchev–Trinajstić information content (AvgIpc) is 3.45. The van der Waals surface area contributed by atoms with E-state index in [4.69, 9.17) is 4.42 Å². The van der Waals surface area contributed by atoms with Crippen LogP contribution in [0.5, 0.6) is 0 Å². The highest BCUT2D eigenvalue weighted by atomic mass is 32.1. The van der Waals surface area contributed by atoms with Crippen LogP contribution in [0.25, 0.3) is 11.0 Å². The summed E-state index contributed by atoms with van der Waals surface area (Å²) < 4.78 is 5.96. The Kier molecular flexibility index (Phi) is 3.74. The summed E-state index contributed by atoms with van der Waals surface area (Å²) in [5.41, 5.74) is -0.633. The van der Waals surface area contributed by atoms with Crippen LogP contribution in [0.3, 0.4) is 0 Å². The van der Waals surface area contributed by atoms with Crippen LogP contribution in [-0.4, -0.2) is 29.1 Å². The third kappa shape index (κ3) is 2.08. The SMILES string of the molecule is CCc1nnc(N2C(=O)c3oc4ccccc4c(=O)c3C23C(=O)N(C)c2ccccc23)s1. The van der Waals surface area contributed by atoms with Crippen LogP contribution in [0.15, 0.2) is 57.7 Å². The second-order valence-electron chi connectivity index (χ2n) is 7.70. The molecule has 4 heterocycles. The van der Waals surface area contributed by atoms with Gasteiger partial charge in [0, 0.05) is 18.3 Å². The van der Waals surface area contributed by atoms with E-state index in [1.807, 2.05) is 13.0 Å². The van der Waals surface area contributed by atoms with Gasteiger partial charge in [-0.15, -0.1) is 10.2 Å². The number of hydrogen-bond acceptors (Lipinski definition) is 7. The van der Waals surface area contributed by atoms with Crippen molar-refractivity contribution in [1.82, 2.24) is 10.2 Å². The number of para-hydroxylation sites is 2. The Hall–Kier alpha value is -3.85. The Labute approximate surface area is 185 Å². The molecular formula is C23H16N4O4S. The summed E-state index contributed by atoms with van der Waals surface area (Å²) in [7, 11) is 1.64. The predicted molar refractivity (Wildman–Crippen MR) is 119 cm³/mol. The number of likely N-dealkylation sites (N-methyl/N-ethyl adjacent to an activating group) is 1. The maximum atomic E-state index is 14.0. The fraction of sp³-hybridized carbons (Fsp3) is 0.174. The molecular weight excluding hydrogens is 428 g/mol. The highest BCUT2D eigenvalue weighted by Gasteiger charge is 2.65. The van der Waals surface area contributed by atoms with Gasteiger partial charge >= 0.3 is 0 Å². The van der Waals surface area contributed by atoms with Gasteiger partial charge in [0.1, 0.15) is 10.6 Å². The highest BCUT2D eigenvalue weighted by molar-refractivity contribution is 7.15. The number of carbonyl (C=O) groups is 2. The molecule has 0 saturated carbocycles. The maximum Gasteiger partial charge on any atom is 0.297 e. The quantitative estimate of drug-likeness (QED) is 0.471. The molecule has 6 rings (SSSR count). The number of fused-ring (bicyclic) bond motifs is 5. The third-order valence-corrected chi connectivity index (χ3v) is 7.16. The summed E-state index contributed by atoms with van der Waals surface area (Å²) >= 11 is 1.22. The number of aryl methyl sites for hydroxylation is 1. The van der Waals surface area contributed by atoms with E-state index in [1.165, 1.54) is 21.1 Å². The molecule has 0 N–H and O–H groups in total. The molecule has 0 fully saturated rings. The summed E-state index contributed by atoms with van der Waals surface area (Å²) in [6, 6.07) is 13.9. The van der Waals surface area contributed by atoms with Crippen LogP contribution >= 0.6 is 11.3 Å². The first-order valence-corrected chi connectivity index (χ1v) is 10.9. The minimum atomic E-state index is -1.70. The molecule has 2 aromatic heterocycles. The van der Waals surface area contributed by atoms with Crippen LogP contribution in [0.2, 0.25) is 0 Å². The first kappa shape index (κ1) is 18.9. The summed E-state index contributed by atoms with van der Waals surface area (Å²) in [5, 5.41) is 9.64. The fourth-order valence-electron chi connectivity index (χ4n) is 4.69. The van der Waals surface area contributed by atoms with E-state index in [1.54, 1.807) is 49.5 Å². The van der Waals surface area contributed by atoms with Gasteiger partial charge in [0.2, 0.25) is 10.9 Å². The van der Waals surface area contributed by atoms with Gasteiger partial charge < -0.3 is 9.32 Å². The zero-order chi connectivity index (χ0) is 22.2. The zero-order valence-electron chi connectivity index (χ0n) is 17.2. The van der Waals surface area contributed by atoms with Gasteiger partial charge in [-0.3, -0.25) is 19.3 Å². The van der Waals surface area contributed by atoms with Crippen molar-refractivity contribution in [3.05, 3.63) is 80.6 Å². The number of hydrogen-bond donors (Lipinski definition) is 0. The number of benzene rings is 2. The Bertz CT molecular complexity index is 1520. The smallest absolute Gasteiger partial charge is 0.297 e. The van der Waals surface area contributed by atoms with E-state index < -0.39 is 22.8 Å². The molecule has 0 bridgehead atoms. The second-order valence-corrected chi connectivity index (χ2v) is 8.74. The Morgan fingerprint density at radius 2 is 1.78 bits per heavy atom.